The fourth-order valence-electron chi connectivity index (χ4n) is 2.71. The van der Waals surface area contributed by atoms with Gasteiger partial charge in [0.05, 0.1) is 6.10 Å². The molecule has 0 N–H and O–H groups in total. The molecule has 1 atom stereocenters. The van der Waals surface area contributed by atoms with Crippen molar-refractivity contribution in [3.63, 3.8) is 0 Å². The van der Waals surface area contributed by atoms with Gasteiger partial charge in [-0.05, 0) is 59.8 Å². The summed E-state index contributed by atoms with van der Waals surface area (Å²) in [7, 11) is 0. The average Bonchev–Trinajstić information content (AvgIpc) is 2.43. The van der Waals surface area contributed by atoms with Crippen molar-refractivity contribution in [2.75, 3.05) is 13.2 Å². The van der Waals surface area contributed by atoms with Gasteiger partial charge in [-0.15, -0.1) is 0 Å². The third-order valence-corrected chi connectivity index (χ3v) is 3.72. The Bertz CT molecular complexity index is 312. The summed E-state index contributed by atoms with van der Waals surface area (Å²) in [5.74, 6) is 0. The molecule has 1 saturated heterocycles. The predicted octanol–water partition coefficient (Wildman–Crippen LogP) is 4.15. The third-order valence-electron chi connectivity index (χ3n) is 3.72. The van der Waals surface area contributed by atoms with Crippen molar-refractivity contribution in [1.29, 1.82) is 0 Å². The number of hydrogen-bond acceptors (Lipinski definition) is 3. The predicted molar refractivity (Wildman–Crippen MR) is 85.4 cm³/mol. The Morgan fingerprint density at radius 3 is 2.52 bits per heavy atom. The van der Waals surface area contributed by atoms with Crippen LogP contribution in [0.2, 0.25) is 0 Å². The van der Waals surface area contributed by atoms with Gasteiger partial charge in [0.1, 0.15) is 6.61 Å². The van der Waals surface area contributed by atoms with Crippen LogP contribution in [-0.4, -0.2) is 42.4 Å². The summed E-state index contributed by atoms with van der Waals surface area (Å²) in [6, 6.07) is 0.315. The lowest BCUT2D eigenvalue weighted by molar-refractivity contribution is 0.0119. The standard InChI is InChI=1S/C17H31NO3/c1-14(2)18(15(3)4)17(19)21-13-8-5-6-10-16-11-7-9-12-20-16/h5,8,14-16H,6-7,9-13H2,1-4H3/b8-5+. The molecule has 0 bridgehead atoms. The molecule has 1 fully saturated rings. The molecular formula is C17H31NO3. The molecule has 0 saturated carbocycles. The maximum absolute atomic E-state index is 12.0. The van der Waals surface area contributed by atoms with Gasteiger partial charge >= 0.3 is 6.09 Å². The van der Waals surface area contributed by atoms with Crippen LogP contribution in [0.4, 0.5) is 4.79 Å². The van der Waals surface area contributed by atoms with Crippen LogP contribution in [0.5, 0.6) is 0 Å². The van der Waals surface area contributed by atoms with Crippen LogP contribution < -0.4 is 0 Å². The third kappa shape index (κ3) is 6.98. The van der Waals surface area contributed by atoms with Crippen molar-refractivity contribution in [3.8, 4) is 0 Å². The van der Waals surface area contributed by atoms with Gasteiger partial charge in [-0.1, -0.05) is 12.2 Å². The summed E-state index contributed by atoms with van der Waals surface area (Å²) >= 11 is 0. The first-order chi connectivity index (χ1) is 10.0. The number of amides is 1. The highest BCUT2D eigenvalue weighted by Gasteiger charge is 2.20. The lowest BCUT2D eigenvalue weighted by atomic mass is 10.0. The second-order valence-electron chi connectivity index (χ2n) is 6.21. The first-order valence-electron chi connectivity index (χ1n) is 8.24. The molecule has 21 heavy (non-hydrogen) atoms. The Labute approximate surface area is 129 Å². The van der Waals surface area contributed by atoms with Crippen LogP contribution in [0.1, 0.15) is 59.8 Å². The van der Waals surface area contributed by atoms with Gasteiger partial charge in [-0.25, -0.2) is 4.79 Å². The summed E-state index contributed by atoms with van der Waals surface area (Å²) < 4.78 is 11.0. The Hall–Kier alpha value is -1.03. The number of nitrogens with zero attached hydrogens (tertiary/aromatic N) is 1. The molecule has 0 radical (unpaired) electrons. The van der Waals surface area contributed by atoms with Gasteiger partial charge in [0.2, 0.25) is 0 Å². The second-order valence-corrected chi connectivity index (χ2v) is 6.21. The van der Waals surface area contributed by atoms with E-state index >= 15 is 0 Å². The normalized spacial score (nSPS) is 19.4. The Morgan fingerprint density at radius 2 is 1.95 bits per heavy atom. The van der Waals surface area contributed by atoms with Crippen molar-refractivity contribution < 1.29 is 14.3 Å². The van der Waals surface area contributed by atoms with Crippen molar-refractivity contribution in [1.82, 2.24) is 4.90 Å². The van der Waals surface area contributed by atoms with Crippen LogP contribution in [0, 0.1) is 0 Å². The molecule has 0 aliphatic carbocycles. The molecule has 4 nitrogen and oxygen atoms in total. The van der Waals surface area contributed by atoms with Gasteiger partial charge in [0.15, 0.2) is 0 Å². The first-order valence-corrected chi connectivity index (χ1v) is 8.24. The van der Waals surface area contributed by atoms with E-state index in [1.165, 1.54) is 19.3 Å². The van der Waals surface area contributed by atoms with Gasteiger partial charge in [-0.2, -0.15) is 0 Å². The highest BCUT2D eigenvalue weighted by molar-refractivity contribution is 5.68. The number of hydrogen-bond donors (Lipinski definition) is 0. The molecule has 0 spiro atoms. The van der Waals surface area contributed by atoms with Gasteiger partial charge < -0.3 is 14.4 Å². The highest BCUT2D eigenvalue weighted by Crippen LogP contribution is 2.17. The smallest absolute Gasteiger partial charge is 0.410 e. The van der Waals surface area contributed by atoms with E-state index in [0.717, 1.165) is 19.4 Å². The monoisotopic (exact) mass is 297 g/mol. The van der Waals surface area contributed by atoms with E-state index in [4.69, 9.17) is 9.47 Å². The largest absolute Gasteiger partial charge is 0.445 e. The Morgan fingerprint density at radius 1 is 1.24 bits per heavy atom. The minimum Gasteiger partial charge on any atom is -0.445 e. The number of carbonyl (C=O) groups is 1. The van der Waals surface area contributed by atoms with Crippen molar-refractivity contribution in [2.45, 2.75) is 78.0 Å². The van der Waals surface area contributed by atoms with E-state index in [0.29, 0.717) is 12.7 Å². The van der Waals surface area contributed by atoms with Crippen molar-refractivity contribution in [2.24, 2.45) is 0 Å². The van der Waals surface area contributed by atoms with Crippen LogP contribution in [-0.2, 0) is 9.47 Å². The maximum atomic E-state index is 12.0. The van der Waals surface area contributed by atoms with Crippen LogP contribution in [0.15, 0.2) is 12.2 Å². The van der Waals surface area contributed by atoms with E-state index in [9.17, 15) is 4.79 Å². The number of carbonyl (C=O) groups excluding carboxylic acids is 1. The maximum Gasteiger partial charge on any atom is 0.410 e. The molecule has 1 aliphatic rings. The molecule has 1 rings (SSSR count). The topological polar surface area (TPSA) is 38.8 Å². The number of rotatable bonds is 7. The molecule has 4 heteroatoms. The zero-order valence-electron chi connectivity index (χ0n) is 14.0. The summed E-state index contributed by atoms with van der Waals surface area (Å²) in [5.41, 5.74) is 0. The molecule has 1 heterocycles. The summed E-state index contributed by atoms with van der Waals surface area (Å²) in [4.78, 5) is 13.7. The lowest BCUT2D eigenvalue weighted by Gasteiger charge is -2.29. The van der Waals surface area contributed by atoms with Crippen LogP contribution >= 0.6 is 0 Å². The molecule has 122 valence electrons. The SMILES string of the molecule is CC(C)N(C(=O)OC/C=C/CCC1CCCCO1)C(C)C. The quantitative estimate of drug-likeness (QED) is 0.663. The lowest BCUT2D eigenvalue weighted by Crippen LogP contribution is -2.42. The van der Waals surface area contributed by atoms with Gasteiger partial charge in [0.25, 0.3) is 0 Å². The van der Waals surface area contributed by atoms with Crippen LogP contribution in [0.3, 0.4) is 0 Å². The Balaban J connectivity index is 2.16. The van der Waals surface area contributed by atoms with E-state index in [2.05, 4.69) is 6.08 Å². The minimum atomic E-state index is -0.236. The summed E-state index contributed by atoms with van der Waals surface area (Å²) in [5, 5.41) is 0. The van der Waals surface area contributed by atoms with E-state index < -0.39 is 0 Å². The summed E-state index contributed by atoms with van der Waals surface area (Å²) in [6.45, 7) is 9.26. The first kappa shape index (κ1) is 18.0. The fourth-order valence-corrected chi connectivity index (χ4v) is 2.71. The zero-order valence-corrected chi connectivity index (χ0v) is 14.0. The van der Waals surface area contributed by atoms with E-state index in [1.807, 2.05) is 33.8 Å². The van der Waals surface area contributed by atoms with Crippen molar-refractivity contribution >= 4 is 6.09 Å². The molecular weight excluding hydrogens is 266 g/mol. The Kier molecular flexibility index (Phi) is 8.43. The number of allylic oxidation sites excluding steroid dienone is 1. The van der Waals surface area contributed by atoms with Crippen molar-refractivity contribution in [3.05, 3.63) is 12.2 Å². The summed E-state index contributed by atoms with van der Waals surface area (Å²) in [6.07, 6.45) is 9.91. The van der Waals surface area contributed by atoms with Gasteiger partial charge in [0, 0.05) is 18.7 Å². The van der Waals surface area contributed by atoms with E-state index in [1.54, 1.807) is 4.90 Å². The number of ether oxygens (including phenoxy) is 2. The second kappa shape index (κ2) is 9.82. The fraction of sp³-hybridized carbons (Fsp3) is 0.824. The molecule has 1 amide bonds. The molecule has 1 aliphatic heterocycles. The van der Waals surface area contributed by atoms with Gasteiger partial charge in [-0.3, -0.25) is 0 Å². The minimum absolute atomic E-state index is 0.157. The molecule has 0 aromatic carbocycles. The zero-order chi connectivity index (χ0) is 15.7. The average molecular weight is 297 g/mol. The van der Waals surface area contributed by atoms with E-state index in [-0.39, 0.29) is 18.2 Å². The van der Waals surface area contributed by atoms with Crippen LogP contribution in [0.25, 0.3) is 0 Å². The highest BCUT2D eigenvalue weighted by atomic mass is 16.6. The molecule has 0 aromatic heterocycles. The molecule has 1 unspecified atom stereocenters. The molecule has 0 aromatic rings.